The standard InChI is InChI=1S/C14H20FNOS2/c1-9(13(8-17)18-2)16-12-6-7-19-14-10(12)4-3-5-11(14)15/h3-5,9,12-13,16-17H,6-8H2,1-2H3. The summed E-state index contributed by atoms with van der Waals surface area (Å²) in [5.41, 5.74) is 1.06. The van der Waals surface area contributed by atoms with E-state index in [2.05, 4.69) is 12.2 Å². The average Bonchev–Trinajstić information content (AvgIpc) is 2.41. The zero-order valence-corrected chi connectivity index (χ0v) is 12.9. The zero-order chi connectivity index (χ0) is 13.8. The first kappa shape index (κ1) is 15.2. The lowest BCUT2D eigenvalue weighted by Gasteiger charge is -2.31. The Labute approximate surface area is 122 Å². The summed E-state index contributed by atoms with van der Waals surface area (Å²) < 4.78 is 13.8. The van der Waals surface area contributed by atoms with Crippen LogP contribution < -0.4 is 5.32 Å². The molecule has 5 heteroatoms. The summed E-state index contributed by atoms with van der Waals surface area (Å²) in [6.07, 6.45) is 3.00. The van der Waals surface area contributed by atoms with Crippen molar-refractivity contribution in [2.24, 2.45) is 0 Å². The molecule has 0 bridgehead atoms. The molecule has 0 aromatic heterocycles. The van der Waals surface area contributed by atoms with Gasteiger partial charge in [0.25, 0.3) is 0 Å². The minimum Gasteiger partial charge on any atom is -0.395 e. The first-order valence-corrected chi connectivity index (χ1v) is 8.75. The van der Waals surface area contributed by atoms with Crippen molar-refractivity contribution >= 4 is 23.5 Å². The molecular formula is C14H20FNOS2. The summed E-state index contributed by atoms with van der Waals surface area (Å²) in [6.45, 7) is 2.24. The molecule has 3 unspecified atom stereocenters. The SMILES string of the molecule is CSC(CO)C(C)NC1CCSc2c(F)cccc21. The number of aliphatic hydroxyl groups excluding tert-OH is 1. The van der Waals surface area contributed by atoms with Crippen molar-refractivity contribution in [1.29, 1.82) is 0 Å². The van der Waals surface area contributed by atoms with Crippen molar-refractivity contribution in [3.05, 3.63) is 29.6 Å². The molecule has 0 aliphatic carbocycles. The Balaban J connectivity index is 2.13. The molecule has 2 rings (SSSR count). The molecule has 19 heavy (non-hydrogen) atoms. The molecule has 0 radical (unpaired) electrons. The number of benzene rings is 1. The second-order valence-corrected chi connectivity index (χ2v) is 6.94. The Morgan fingerprint density at radius 1 is 1.58 bits per heavy atom. The van der Waals surface area contributed by atoms with Gasteiger partial charge in [0, 0.05) is 22.2 Å². The second kappa shape index (κ2) is 6.97. The van der Waals surface area contributed by atoms with E-state index in [1.54, 1.807) is 29.6 Å². The highest BCUT2D eigenvalue weighted by molar-refractivity contribution is 7.99. The molecular weight excluding hydrogens is 281 g/mol. The lowest BCUT2D eigenvalue weighted by Crippen LogP contribution is -2.40. The van der Waals surface area contributed by atoms with Crippen LogP contribution in [0, 0.1) is 5.82 Å². The number of rotatable bonds is 5. The van der Waals surface area contributed by atoms with Crippen molar-refractivity contribution in [3.8, 4) is 0 Å². The topological polar surface area (TPSA) is 32.3 Å². The summed E-state index contributed by atoms with van der Waals surface area (Å²) in [4.78, 5) is 0.781. The molecule has 1 heterocycles. The molecule has 106 valence electrons. The van der Waals surface area contributed by atoms with Gasteiger partial charge in [-0.2, -0.15) is 11.8 Å². The Hall–Kier alpha value is -0.230. The predicted molar refractivity (Wildman–Crippen MR) is 81.5 cm³/mol. The highest BCUT2D eigenvalue weighted by Gasteiger charge is 2.26. The van der Waals surface area contributed by atoms with Crippen molar-refractivity contribution < 1.29 is 9.50 Å². The zero-order valence-electron chi connectivity index (χ0n) is 11.2. The number of aliphatic hydroxyl groups is 1. The Morgan fingerprint density at radius 3 is 3.05 bits per heavy atom. The normalized spacial score (nSPS) is 21.8. The van der Waals surface area contributed by atoms with E-state index in [9.17, 15) is 9.50 Å². The van der Waals surface area contributed by atoms with Crippen LogP contribution in [0.15, 0.2) is 23.1 Å². The largest absolute Gasteiger partial charge is 0.395 e. The van der Waals surface area contributed by atoms with E-state index in [-0.39, 0.29) is 29.8 Å². The Kier molecular flexibility index (Phi) is 5.57. The van der Waals surface area contributed by atoms with Crippen molar-refractivity contribution in [2.75, 3.05) is 18.6 Å². The number of thioether (sulfide) groups is 2. The van der Waals surface area contributed by atoms with E-state index in [1.807, 2.05) is 12.3 Å². The van der Waals surface area contributed by atoms with E-state index >= 15 is 0 Å². The molecule has 3 atom stereocenters. The average molecular weight is 301 g/mol. The quantitative estimate of drug-likeness (QED) is 0.875. The van der Waals surface area contributed by atoms with Crippen molar-refractivity contribution in [3.63, 3.8) is 0 Å². The first-order valence-electron chi connectivity index (χ1n) is 6.48. The van der Waals surface area contributed by atoms with E-state index in [4.69, 9.17) is 0 Å². The van der Waals surface area contributed by atoms with Gasteiger partial charge in [-0.1, -0.05) is 12.1 Å². The van der Waals surface area contributed by atoms with Crippen LogP contribution in [-0.2, 0) is 0 Å². The van der Waals surface area contributed by atoms with Crippen LogP contribution in [0.4, 0.5) is 4.39 Å². The summed E-state index contributed by atoms with van der Waals surface area (Å²) >= 11 is 3.26. The van der Waals surface area contributed by atoms with E-state index in [0.717, 1.165) is 22.6 Å². The van der Waals surface area contributed by atoms with Crippen molar-refractivity contribution in [1.82, 2.24) is 5.32 Å². The van der Waals surface area contributed by atoms with Gasteiger partial charge in [0.05, 0.1) is 6.61 Å². The molecule has 0 amide bonds. The second-order valence-electron chi connectivity index (χ2n) is 4.76. The molecule has 1 aliphatic heterocycles. The van der Waals surface area contributed by atoms with Gasteiger partial charge in [0.15, 0.2) is 0 Å². The minimum atomic E-state index is -0.120. The fourth-order valence-corrected chi connectivity index (χ4v) is 4.20. The number of nitrogens with one attached hydrogen (secondary N) is 1. The van der Waals surface area contributed by atoms with Gasteiger partial charge in [-0.05, 0) is 37.0 Å². The highest BCUT2D eigenvalue weighted by Crippen LogP contribution is 2.38. The molecule has 0 saturated heterocycles. The van der Waals surface area contributed by atoms with Crippen LogP contribution in [-0.4, -0.2) is 35.0 Å². The summed E-state index contributed by atoms with van der Waals surface area (Å²) in [5, 5.41) is 13.1. The van der Waals surface area contributed by atoms with E-state index < -0.39 is 0 Å². The monoisotopic (exact) mass is 301 g/mol. The third kappa shape index (κ3) is 3.45. The summed E-state index contributed by atoms with van der Waals surface area (Å²) in [5.74, 6) is 0.812. The third-order valence-electron chi connectivity index (χ3n) is 3.53. The Morgan fingerprint density at radius 2 is 2.37 bits per heavy atom. The smallest absolute Gasteiger partial charge is 0.137 e. The molecule has 1 aliphatic rings. The Bertz CT molecular complexity index is 426. The number of hydrogen-bond donors (Lipinski definition) is 2. The van der Waals surface area contributed by atoms with Crippen LogP contribution in [0.3, 0.4) is 0 Å². The third-order valence-corrected chi connectivity index (χ3v) is 5.85. The molecule has 1 aromatic carbocycles. The van der Waals surface area contributed by atoms with Crippen LogP contribution in [0.2, 0.25) is 0 Å². The van der Waals surface area contributed by atoms with Crippen LogP contribution in [0.5, 0.6) is 0 Å². The molecule has 1 aromatic rings. The van der Waals surface area contributed by atoms with Gasteiger partial charge in [-0.15, -0.1) is 11.8 Å². The molecule has 0 saturated carbocycles. The van der Waals surface area contributed by atoms with Gasteiger partial charge in [-0.3, -0.25) is 0 Å². The highest BCUT2D eigenvalue weighted by atomic mass is 32.2. The van der Waals surface area contributed by atoms with Crippen LogP contribution in [0.1, 0.15) is 24.9 Å². The van der Waals surface area contributed by atoms with Gasteiger partial charge in [0.1, 0.15) is 5.82 Å². The van der Waals surface area contributed by atoms with Gasteiger partial charge in [-0.25, -0.2) is 4.39 Å². The van der Waals surface area contributed by atoms with Crippen LogP contribution >= 0.6 is 23.5 Å². The lowest BCUT2D eigenvalue weighted by molar-refractivity contribution is 0.269. The maximum Gasteiger partial charge on any atom is 0.137 e. The van der Waals surface area contributed by atoms with Crippen LogP contribution in [0.25, 0.3) is 0 Å². The molecule has 0 spiro atoms. The number of fused-ring (bicyclic) bond motifs is 1. The maximum atomic E-state index is 13.8. The van der Waals surface area contributed by atoms with E-state index in [0.29, 0.717) is 0 Å². The predicted octanol–water partition coefficient (Wildman–Crippen LogP) is 3.06. The van der Waals surface area contributed by atoms with Gasteiger partial charge >= 0.3 is 0 Å². The molecule has 2 N–H and O–H groups in total. The summed E-state index contributed by atoms with van der Waals surface area (Å²) in [7, 11) is 0. The van der Waals surface area contributed by atoms with Gasteiger partial charge < -0.3 is 10.4 Å². The first-order chi connectivity index (χ1) is 9.17. The fourth-order valence-electron chi connectivity index (χ4n) is 2.42. The lowest BCUT2D eigenvalue weighted by atomic mass is 10.0. The van der Waals surface area contributed by atoms with Gasteiger partial charge in [0.2, 0.25) is 0 Å². The van der Waals surface area contributed by atoms with Crippen molar-refractivity contribution in [2.45, 2.75) is 35.6 Å². The fraction of sp³-hybridized carbons (Fsp3) is 0.571. The maximum absolute atomic E-state index is 13.8. The van der Waals surface area contributed by atoms with E-state index in [1.165, 1.54) is 6.07 Å². The molecule has 2 nitrogen and oxygen atoms in total. The minimum absolute atomic E-state index is 0.120. The number of hydrogen-bond acceptors (Lipinski definition) is 4. The number of halogens is 1. The summed E-state index contributed by atoms with van der Waals surface area (Å²) in [6, 6.07) is 5.68. The molecule has 0 fully saturated rings.